The molecule has 1 fully saturated rings. The van der Waals surface area contributed by atoms with Gasteiger partial charge in [0.05, 0.1) is 24.3 Å². The lowest BCUT2D eigenvalue weighted by Gasteiger charge is -2.26. The molecule has 2 heterocycles. The lowest BCUT2D eigenvalue weighted by atomic mass is 10.0. The zero-order valence-electron chi connectivity index (χ0n) is 19.2. The second kappa shape index (κ2) is 10.4. The third kappa shape index (κ3) is 5.76. The summed E-state index contributed by atoms with van der Waals surface area (Å²) in [5.41, 5.74) is -2.92. The Labute approximate surface area is 224 Å². The molecule has 1 aliphatic rings. The van der Waals surface area contributed by atoms with Gasteiger partial charge < -0.3 is 4.74 Å². The minimum atomic E-state index is -4.15. The van der Waals surface area contributed by atoms with E-state index in [0.29, 0.717) is 15.8 Å². The third-order valence-corrected chi connectivity index (χ3v) is 9.60. The molecule has 17 heteroatoms. The van der Waals surface area contributed by atoms with Gasteiger partial charge in [-0.25, -0.2) is 35.1 Å². The van der Waals surface area contributed by atoms with Crippen LogP contribution in [0.25, 0.3) is 5.69 Å². The Morgan fingerprint density at radius 2 is 1.82 bits per heavy atom. The van der Waals surface area contributed by atoms with Gasteiger partial charge in [-0.1, -0.05) is 29.3 Å². The highest BCUT2D eigenvalue weighted by atomic mass is 35.5. The van der Waals surface area contributed by atoms with Gasteiger partial charge in [0.2, 0.25) is 10.0 Å². The van der Waals surface area contributed by atoms with Crippen LogP contribution in [0.1, 0.15) is 23.2 Å². The largest absolute Gasteiger partial charge is 0.495 e. The first-order valence-electron chi connectivity index (χ1n) is 10.6. The van der Waals surface area contributed by atoms with Crippen LogP contribution in [0.4, 0.5) is 8.78 Å². The number of H-pyrrole nitrogens is 1. The maximum atomic E-state index is 13.1. The van der Waals surface area contributed by atoms with Gasteiger partial charge in [-0.2, -0.15) is 9.78 Å². The van der Waals surface area contributed by atoms with Crippen LogP contribution in [0.3, 0.4) is 0 Å². The lowest BCUT2D eigenvalue weighted by Crippen LogP contribution is -2.52. The van der Waals surface area contributed by atoms with E-state index in [2.05, 4.69) is 9.82 Å². The number of sulfonamides is 1. The maximum absolute atomic E-state index is 13.1. The van der Waals surface area contributed by atoms with Crippen LogP contribution < -0.4 is 20.7 Å². The summed E-state index contributed by atoms with van der Waals surface area (Å²) >= 11 is 12.7. The Balaban J connectivity index is 1.67. The monoisotopic (exact) mass is 610 g/mol. The molecule has 0 radical (unpaired) electrons. The van der Waals surface area contributed by atoms with Crippen molar-refractivity contribution >= 4 is 43.1 Å². The molecular weight excluding hydrogens is 593 g/mol. The minimum Gasteiger partial charge on any atom is -0.495 e. The van der Waals surface area contributed by atoms with Crippen molar-refractivity contribution in [2.45, 2.75) is 23.8 Å². The SMILES string of the molecule is COc1ccc(Cc2c(Cl)cc(-n3nc(C(F)F)c(=O)[nH]c3=O)cc2Cl)cc1S(=O)(=O)NC1CS(=O)(=O)C1. The molecule has 3 aromatic rings. The number of nitrogens with zero attached hydrogens (tertiary/aromatic N) is 2. The highest BCUT2D eigenvalue weighted by Gasteiger charge is 2.37. The Kier molecular flexibility index (Phi) is 7.69. The van der Waals surface area contributed by atoms with Crippen molar-refractivity contribution in [2.75, 3.05) is 18.6 Å². The summed E-state index contributed by atoms with van der Waals surface area (Å²) in [7, 11) is -6.14. The first-order valence-corrected chi connectivity index (χ1v) is 14.7. The highest BCUT2D eigenvalue weighted by Crippen LogP contribution is 2.32. The van der Waals surface area contributed by atoms with Gasteiger partial charge in [-0.05, 0) is 35.4 Å². The standard InChI is InChI=1S/C21H18Cl2F2N4O7S2/c1-36-16-3-2-10(5-17(16)38(34,35)28-11-8-37(32,33)9-11)4-13-14(22)6-12(7-15(13)23)29-21(31)26-20(30)18(27-29)19(24)25/h2-3,5-7,11,19,28H,4,8-9H2,1H3,(H,26,30,31). The van der Waals surface area contributed by atoms with Crippen LogP contribution in [0.5, 0.6) is 5.75 Å². The normalized spacial score (nSPS) is 15.4. The first-order chi connectivity index (χ1) is 17.7. The molecule has 0 spiro atoms. The van der Waals surface area contributed by atoms with E-state index in [1.54, 1.807) is 11.1 Å². The Bertz CT molecular complexity index is 1720. The quantitative estimate of drug-likeness (QED) is 0.391. The van der Waals surface area contributed by atoms with Crippen LogP contribution in [-0.4, -0.2) is 56.3 Å². The van der Waals surface area contributed by atoms with Crippen LogP contribution in [-0.2, 0) is 26.3 Å². The second-order valence-electron chi connectivity index (χ2n) is 8.30. The molecule has 204 valence electrons. The smallest absolute Gasteiger partial charge is 0.349 e. The molecule has 11 nitrogen and oxygen atoms in total. The molecule has 2 N–H and O–H groups in total. The van der Waals surface area contributed by atoms with Gasteiger partial charge >= 0.3 is 5.69 Å². The van der Waals surface area contributed by atoms with E-state index in [-0.39, 0.29) is 44.3 Å². The number of halogens is 4. The molecular formula is C21H18Cl2F2N4O7S2. The molecule has 0 saturated carbocycles. The van der Waals surface area contributed by atoms with E-state index < -0.39 is 49.3 Å². The van der Waals surface area contributed by atoms with Crippen molar-refractivity contribution < 1.29 is 30.4 Å². The predicted molar refractivity (Wildman–Crippen MR) is 134 cm³/mol. The number of hydrogen-bond donors (Lipinski definition) is 2. The number of aromatic nitrogens is 3. The van der Waals surface area contributed by atoms with Crippen molar-refractivity contribution in [3.63, 3.8) is 0 Å². The molecule has 4 rings (SSSR count). The number of benzene rings is 2. The Morgan fingerprint density at radius 3 is 2.37 bits per heavy atom. The molecule has 0 atom stereocenters. The van der Waals surface area contributed by atoms with E-state index in [9.17, 15) is 35.2 Å². The third-order valence-electron chi connectivity index (χ3n) is 5.56. The van der Waals surface area contributed by atoms with Crippen molar-refractivity contribution in [3.05, 3.63) is 78.0 Å². The summed E-state index contributed by atoms with van der Waals surface area (Å²) < 4.78 is 82.9. The highest BCUT2D eigenvalue weighted by molar-refractivity contribution is 7.93. The molecule has 1 aliphatic heterocycles. The summed E-state index contributed by atoms with van der Waals surface area (Å²) in [6.45, 7) is 0. The van der Waals surface area contributed by atoms with E-state index >= 15 is 0 Å². The number of hydrogen-bond acceptors (Lipinski definition) is 8. The van der Waals surface area contributed by atoms with Gasteiger partial charge in [0.15, 0.2) is 15.5 Å². The minimum absolute atomic E-state index is 0.00372. The number of methoxy groups -OCH3 is 1. The molecule has 2 aromatic carbocycles. The summed E-state index contributed by atoms with van der Waals surface area (Å²) in [6.07, 6.45) is -3.22. The van der Waals surface area contributed by atoms with Crippen molar-refractivity contribution in [1.29, 1.82) is 0 Å². The molecule has 1 aromatic heterocycles. The number of nitrogens with one attached hydrogen (secondary N) is 2. The molecule has 0 aliphatic carbocycles. The van der Waals surface area contributed by atoms with E-state index in [1.165, 1.54) is 31.4 Å². The Hall–Kier alpha value is -2.85. The number of alkyl halides is 2. The number of ether oxygens (including phenoxy) is 1. The molecule has 0 amide bonds. The summed E-state index contributed by atoms with van der Waals surface area (Å²) in [5.74, 6) is -0.593. The van der Waals surface area contributed by atoms with E-state index in [1.807, 2.05) is 0 Å². The molecule has 0 unspecified atom stereocenters. The van der Waals surface area contributed by atoms with Gasteiger partial charge in [0.25, 0.3) is 12.0 Å². The fraction of sp³-hybridized carbons (Fsp3) is 0.286. The van der Waals surface area contributed by atoms with Gasteiger partial charge in [0.1, 0.15) is 10.6 Å². The van der Waals surface area contributed by atoms with Gasteiger partial charge in [0, 0.05) is 22.5 Å². The van der Waals surface area contributed by atoms with E-state index in [0.717, 1.165) is 0 Å². The topological polar surface area (TPSA) is 157 Å². The molecule has 38 heavy (non-hydrogen) atoms. The van der Waals surface area contributed by atoms with Crippen LogP contribution in [0.2, 0.25) is 10.0 Å². The zero-order valence-corrected chi connectivity index (χ0v) is 22.4. The van der Waals surface area contributed by atoms with Gasteiger partial charge in [-0.3, -0.25) is 9.78 Å². The summed E-state index contributed by atoms with van der Waals surface area (Å²) in [6, 6.07) is 5.99. The second-order valence-corrected chi connectivity index (χ2v) is 13.0. The molecule has 1 saturated heterocycles. The van der Waals surface area contributed by atoms with Gasteiger partial charge in [-0.15, -0.1) is 0 Å². The molecule has 0 bridgehead atoms. The average molecular weight is 611 g/mol. The average Bonchev–Trinajstić information content (AvgIpc) is 2.79. The maximum Gasteiger partial charge on any atom is 0.349 e. The first kappa shape index (κ1) is 28.2. The zero-order chi connectivity index (χ0) is 28.0. The van der Waals surface area contributed by atoms with Crippen molar-refractivity contribution in [3.8, 4) is 11.4 Å². The fourth-order valence-electron chi connectivity index (χ4n) is 3.77. The summed E-state index contributed by atoms with van der Waals surface area (Å²) in [4.78, 5) is 25.2. The lowest BCUT2D eigenvalue weighted by molar-refractivity contribution is 0.141. The Morgan fingerprint density at radius 1 is 1.18 bits per heavy atom. The van der Waals surface area contributed by atoms with Crippen molar-refractivity contribution in [2.24, 2.45) is 0 Å². The number of sulfone groups is 1. The van der Waals surface area contributed by atoms with Crippen LogP contribution >= 0.6 is 23.2 Å². The van der Waals surface area contributed by atoms with E-state index in [4.69, 9.17) is 27.9 Å². The van der Waals surface area contributed by atoms with Crippen LogP contribution in [0.15, 0.2) is 44.8 Å². The van der Waals surface area contributed by atoms with Crippen LogP contribution in [0, 0.1) is 0 Å². The summed E-state index contributed by atoms with van der Waals surface area (Å²) in [5, 5.41) is 3.41. The number of rotatable bonds is 8. The number of aromatic amines is 1. The van der Waals surface area contributed by atoms with Crippen molar-refractivity contribution in [1.82, 2.24) is 19.5 Å². The predicted octanol–water partition coefficient (Wildman–Crippen LogP) is 1.84. The fourth-order valence-corrected chi connectivity index (χ4v) is 7.34.